The topological polar surface area (TPSA) is 69.6 Å². The van der Waals surface area contributed by atoms with Crippen LogP contribution in [-0.4, -0.2) is 47.1 Å². The molecule has 0 saturated carbocycles. The predicted molar refractivity (Wildman–Crippen MR) is 82.7 cm³/mol. The van der Waals surface area contributed by atoms with E-state index in [1.54, 1.807) is 0 Å². The van der Waals surface area contributed by atoms with Gasteiger partial charge in [0.05, 0.1) is 12.0 Å². The highest BCUT2D eigenvalue weighted by molar-refractivity contribution is 5.89. The van der Waals surface area contributed by atoms with Crippen molar-refractivity contribution in [2.75, 3.05) is 13.1 Å². The molecule has 1 saturated heterocycles. The first-order chi connectivity index (χ1) is 9.66. The number of carbonyl (C=O) groups excluding carboxylic acids is 2. The fourth-order valence-electron chi connectivity index (χ4n) is 2.55. The first-order valence-electron chi connectivity index (χ1n) is 7.92. The summed E-state index contributed by atoms with van der Waals surface area (Å²) in [6.45, 7) is 10.6. The van der Waals surface area contributed by atoms with E-state index < -0.39 is 6.10 Å². The van der Waals surface area contributed by atoms with Gasteiger partial charge in [-0.15, -0.1) is 0 Å². The third-order valence-electron chi connectivity index (χ3n) is 4.24. The van der Waals surface area contributed by atoms with Gasteiger partial charge in [-0.3, -0.25) is 9.59 Å². The molecule has 0 aromatic heterocycles. The molecule has 0 aliphatic carbocycles. The number of aliphatic hydroxyl groups is 1. The summed E-state index contributed by atoms with van der Waals surface area (Å²) in [6.07, 6.45) is 1.68. The Kier molecular flexibility index (Phi) is 6.20. The Morgan fingerprint density at radius 2 is 2.10 bits per heavy atom. The number of nitrogens with zero attached hydrogens (tertiary/aromatic N) is 1. The zero-order valence-corrected chi connectivity index (χ0v) is 14.0. The number of carbonyl (C=O) groups is 2. The zero-order chi connectivity index (χ0) is 16.2. The lowest BCUT2D eigenvalue weighted by Gasteiger charge is -2.26. The summed E-state index contributed by atoms with van der Waals surface area (Å²) < 4.78 is 0. The molecule has 0 bridgehead atoms. The normalized spacial score (nSPS) is 22.3. The van der Waals surface area contributed by atoms with Gasteiger partial charge in [-0.2, -0.15) is 0 Å². The van der Waals surface area contributed by atoms with Gasteiger partial charge in [-0.25, -0.2) is 0 Å². The van der Waals surface area contributed by atoms with Crippen molar-refractivity contribution in [2.24, 2.45) is 11.3 Å². The maximum Gasteiger partial charge on any atom is 0.225 e. The molecule has 1 aliphatic rings. The number of aliphatic hydroxyl groups excluding tert-OH is 1. The highest BCUT2D eigenvalue weighted by Crippen LogP contribution is 2.23. The molecule has 21 heavy (non-hydrogen) atoms. The number of rotatable bonds is 6. The quantitative estimate of drug-likeness (QED) is 0.781. The second-order valence-corrected chi connectivity index (χ2v) is 7.21. The fraction of sp³-hybridized carbons (Fsp3) is 0.875. The molecule has 5 heteroatoms. The minimum absolute atomic E-state index is 0.0625. The fourth-order valence-corrected chi connectivity index (χ4v) is 2.55. The SMILES string of the molecule is CCCC(C)N1CC(C(=O)NCC(O)C(C)(C)C)CC1=O. The number of hydrogen-bond acceptors (Lipinski definition) is 3. The summed E-state index contributed by atoms with van der Waals surface area (Å²) in [7, 11) is 0. The van der Waals surface area contributed by atoms with Crippen LogP contribution >= 0.6 is 0 Å². The summed E-state index contributed by atoms with van der Waals surface area (Å²) >= 11 is 0. The highest BCUT2D eigenvalue weighted by Gasteiger charge is 2.36. The van der Waals surface area contributed by atoms with Crippen molar-refractivity contribution in [1.29, 1.82) is 0 Å². The molecule has 0 spiro atoms. The third kappa shape index (κ3) is 4.99. The minimum atomic E-state index is -0.589. The second kappa shape index (κ2) is 7.25. The Morgan fingerprint density at radius 3 is 2.62 bits per heavy atom. The molecule has 0 aromatic carbocycles. The van der Waals surface area contributed by atoms with Crippen LogP contribution in [0.25, 0.3) is 0 Å². The molecule has 0 radical (unpaired) electrons. The van der Waals surface area contributed by atoms with Gasteiger partial charge in [0.15, 0.2) is 0 Å². The van der Waals surface area contributed by atoms with E-state index in [4.69, 9.17) is 0 Å². The van der Waals surface area contributed by atoms with E-state index in [9.17, 15) is 14.7 Å². The Bertz CT molecular complexity index is 376. The van der Waals surface area contributed by atoms with Crippen molar-refractivity contribution in [3.8, 4) is 0 Å². The lowest BCUT2D eigenvalue weighted by Crippen LogP contribution is -2.42. The average molecular weight is 298 g/mol. The van der Waals surface area contributed by atoms with E-state index in [0.717, 1.165) is 12.8 Å². The van der Waals surface area contributed by atoms with E-state index in [1.807, 2.05) is 32.6 Å². The summed E-state index contributed by atoms with van der Waals surface area (Å²) in [5.41, 5.74) is -0.263. The van der Waals surface area contributed by atoms with Crippen LogP contribution in [0.2, 0.25) is 0 Å². The number of nitrogens with one attached hydrogen (secondary N) is 1. The van der Waals surface area contributed by atoms with E-state index in [2.05, 4.69) is 12.2 Å². The van der Waals surface area contributed by atoms with E-state index in [-0.39, 0.29) is 42.2 Å². The molecule has 3 atom stereocenters. The van der Waals surface area contributed by atoms with Gasteiger partial charge >= 0.3 is 0 Å². The molecule has 1 aliphatic heterocycles. The standard InChI is InChI=1S/C16H30N2O3/c1-6-7-11(2)18-10-12(8-14(18)20)15(21)17-9-13(19)16(3,4)5/h11-13,19H,6-10H2,1-5H3,(H,17,21). The Hall–Kier alpha value is -1.10. The molecule has 2 N–H and O–H groups in total. The van der Waals surface area contributed by atoms with Crippen molar-refractivity contribution in [3.63, 3.8) is 0 Å². The summed E-state index contributed by atoms with van der Waals surface area (Å²) in [5, 5.41) is 12.7. The maximum absolute atomic E-state index is 12.1. The summed E-state index contributed by atoms with van der Waals surface area (Å²) in [6, 6.07) is 0.195. The van der Waals surface area contributed by atoms with Crippen LogP contribution in [-0.2, 0) is 9.59 Å². The molecule has 3 unspecified atom stereocenters. The van der Waals surface area contributed by atoms with Crippen molar-refractivity contribution in [1.82, 2.24) is 10.2 Å². The Balaban J connectivity index is 2.48. The number of amides is 2. The van der Waals surface area contributed by atoms with Gasteiger partial charge in [0.2, 0.25) is 11.8 Å². The van der Waals surface area contributed by atoms with Crippen LogP contribution < -0.4 is 5.32 Å². The van der Waals surface area contributed by atoms with E-state index in [0.29, 0.717) is 6.54 Å². The molecule has 1 heterocycles. The van der Waals surface area contributed by atoms with Crippen molar-refractivity contribution >= 4 is 11.8 Å². The highest BCUT2D eigenvalue weighted by atomic mass is 16.3. The molecule has 122 valence electrons. The molecule has 0 aromatic rings. The molecular weight excluding hydrogens is 268 g/mol. The predicted octanol–water partition coefficient (Wildman–Crippen LogP) is 1.55. The van der Waals surface area contributed by atoms with Gasteiger partial charge in [-0.05, 0) is 18.8 Å². The van der Waals surface area contributed by atoms with Crippen LogP contribution in [0.1, 0.15) is 53.9 Å². The second-order valence-electron chi connectivity index (χ2n) is 7.21. The molecule has 1 fully saturated rings. The lowest BCUT2D eigenvalue weighted by molar-refractivity contribution is -0.130. The van der Waals surface area contributed by atoms with Crippen molar-refractivity contribution < 1.29 is 14.7 Å². The van der Waals surface area contributed by atoms with Gasteiger partial charge in [-0.1, -0.05) is 34.1 Å². The minimum Gasteiger partial charge on any atom is -0.391 e. The number of likely N-dealkylation sites (tertiary alicyclic amines) is 1. The van der Waals surface area contributed by atoms with Gasteiger partial charge in [0.1, 0.15) is 0 Å². The Morgan fingerprint density at radius 1 is 1.48 bits per heavy atom. The molecule has 2 amide bonds. The lowest BCUT2D eigenvalue weighted by atomic mass is 9.89. The number of hydrogen-bond donors (Lipinski definition) is 2. The Labute approximate surface area is 128 Å². The first kappa shape index (κ1) is 18.0. The van der Waals surface area contributed by atoms with Crippen LogP contribution in [0, 0.1) is 11.3 Å². The van der Waals surface area contributed by atoms with Crippen LogP contribution in [0.3, 0.4) is 0 Å². The van der Waals surface area contributed by atoms with E-state index in [1.165, 1.54) is 0 Å². The molecule has 5 nitrogen and oxygen atoms in total. The van der Waals surface area contributed by atoms with Gasteiger partial charge in [0.25, 0.3) is 0 Å². The molecular formula is C16H30N2O3. The van der Waals surface area contributed by atoms with Crippen molar-refractivity contribution in [3.05, 3.63) is 0 Å². The van der Waals surface area contributed by atoms with Gasteiger partial charge < -0.3 is 15.3 Å². The van der Waals surface area contributed by atoms with Crippen LogP contribution in [0.4, 0.5) is 0 Å². The average Bonchev–Trinajstić information content (AvgIpc) is 2.77. The van der Waals surface area contributed by atoms with E-state index >= 15 is 0 Å². The largest absolute Gasteiger partial charge is 0.391 e. The zero-order valence-electron chi connectivity index (χ0n) is 14.0. The first-order valence-corrected chi connectivity index (χ1v) is 7.92. The monoisotopic (exact) mass is 298 g/mol. The van der Waals surface area contributed by atoms with Crippen molar-refractivity contribution in [2.45, 2.75) is 66.0 Å². The van der Waals surface area contributed by atoms with Crippen LogP contribution in [0.5, 0.6) is 0 Å². The molecule has 1 rings (SSSR count). The van der Waals surface area contributed by atoms with Crippen LogP contribution in [0.15, 0.2) is 0 Å². The summed E-state index contributed by atoms with van der Waals surface area (Å²) in [4.78, 5) is 26.0. The third-order valence-corrected chi connectivity index (χ3v) is 4.24. The smallest absolute Gasteiger partial charge is 0.225 e. The summed E-state index contributed by atoms with van der Waals surface area (Å²) in [5.74, 6) is -0.353. The van der Waals surface area contributed by atoms with Gasteiger partial charge in [0, 0.05) is 25.6 Å². The maximum atomic E-state index is 12.1.